The molecular weight excluding hydrogens is 386 g/mol. The maximum Gasteiger partial charge on any atom is 0.243 e. The number of sulfonamides is 1. The lowest BCUT2D eigenvalue weighted by Gasteiger charge is -2.29. The lowest BCUT2D eigenvalue weighted by Crippen LogP contribution is -2.34. The molecular formula is C20H24ClNO4S. The number of rotatable bonds is 5. The highest BCUT2D eigenvalue weighted by molar-refractivity contribution is 7.89. The summed E-state index contributed by atoms with van der Waals surface area (Å²) in [4.78, 5) is 0.209. The number of benzene rings is 2. The van der Waals surface area contributed by atoms with Crippen LogP contribution in [0.3, 0.4) is 0 Å². The molecule has 1 heterocycles. The normalized spacial score (nSPS) is 18.7. The molecule has 1 aliphatic rings. The van der Waals surface area contributed by atoms with Crippen LogP contribution in [0, 0.1) is 0 Å². The summed E-state index contributed by atoms with van der Waals surface area (Å²) in [6, 6.07) is 12.0. The molecule has 1 saturated heterocycles. The average molecular weight is 410 g/mol. The molecule has 7 heteroatoms. The van der Waals surface area contributed by atoms with Crippen molar-refractivity contribution in [1.29, 1.82) is 0 Å². The molecule has 3 rings (SSSR count). The molecule has 2 aromatic rings. The Bertz CT molecular complexity index is 883. The van der Waals surface area contributed by atoms with Crippen LogP contribution >= 0.6 is 11.6 Å². The maximum atomic E-state index is 13.5. The van der Waals surface area contributed by atoms with E-state index in [1.807, 2.05) is 24.3 Å². The van der Waals surface area contributed by atoms with Gasteiger partial charge in [-0.1, -0.05) is 36.6 Å². The van der Waals surface area contributed by atoms with Gasteiger partial charge >= 0.3 is 0 Å². The summed E-state index contributed by atoms with van der Waals surface area (Å²) >= 11 is 6.01. The summed E-state index contributed by atoms with van der Waals surface area (Å²) in [6.07, 6.45) is 3.64. The lowest BCUT2D eigenvalue weighted by molar-refractivity contribution is 0.328. The lowest BCUT2D eigenvalue weighted by atomic mass is 10.0. The van der Waals surface area contributed by atoms with Gasteiger partial charge in [0.05, 0.1) is 25.2 Å². The van der Waals surface area contributed by atoms with Crippen LogP contribution < -0.4 is 9.47 Å². The summed E-state index contributed by atoms with van der Waals surface area (Å²) < 4.78 is 39.1. The van der Waals surface area contributed by atoms with Crippen LogP contribution in [0.15, 0.2) is 47.4 Å². The molecule has 0 saturated carbocycles. The van der Waals surface area contributed by atoms with Gasteiger partial charge < -0.3 is 9.47 Å². The Labute approximate surface area is 165 Å². The summed E-state index contributed by atoms with van der Waals surface area (Å²) in [5, 5.41) is 0.640. The van der Waals surface area contributed by atoms with E-state index in [-0.39, 0.29) is 10.9 Å². The van der Waals surface area contributed by atoms with Gasteiger partial charge in [0.1, 0.15) is 0 Å². The second-order valence-corrected chi connectivity index (χ2v) is 8.88. The van der Waals surface area contributed by atoms with Crippen molar-refractivity contribution in [2.24, 2.45) is 0 Å². The zero-order chi connectivity index (χ0) is 19.4. The quantitative estimate of drug-likeness (QED) is 0.720. The van der Waals surface area contributed by atoms with Crippen molar-refractivity contribution >= 4 is 21.6 Å². The fourth-order valence-electron chi connectivity index (χ4n) is 3.50. The van der Waals surface area contributed by atoms with Gasteiger partial charge in [-0.2, -0.15) is 4.31 Å². The van der Waals surface area contributed by atoms with Crippen molar-refractivity contribution in [2.45, 2.75) is 36.6 Å². The fourth-order valence-corrected chi connectivity index (χ4v) is 5.32. The summed E-state index contributed by atoms with van der Waals surface area (Å²) in [6.45, 7) is 0.490. The first-order chi connectivity index (χ1) is 13.0. The van der Waals surface area contributed by atoms with Gasteiger partial charge in [0, 0.05) is 17.6 Å². The monoisotopic (exact) mass is 409 g/mol. The molecule has 0 aromatic heterocycles. The minimum Gasteiger partial charge on any atom is -0.493 e. The smallest absolute Gasteiger partial charge is 0.243 e. The first-order valence-corrected chi connectivity index (χ1v) is 10.8. The molecule has 0 radical (unpaired) electrons. The van der Waals surface area contributed by atoms with Crippen LogP contribution in [0.5, 0.6) is 11.5 Å². The van der Waals surface area contributed by atoms with Crippen LogP contribution in [0.25, 0.3) is 0 Å². The third kappa shape index (κ3) is 4.23. The van der Waals surface area contributed by atoms with Gasteiger partial charge in [-0.15, -0.1) is 0 Å². The van der Waals surface area contributed by atoms with E-state index in [0.29, 0.717) is 23.1 Å². The third-order valence-electron chi connectivity index (χ3n) is 4.92. The molecule has 146 valence electrons. The minimum atomic E-state index is -3.69. The van der Waals surface area contributed by atoms with Gasteiger partial charge in [0.15, 0.2) is 11.5 Å². The van der Waals surface area contributed by atoms with Crippen LogP contribution in [0.4, 0.5) is 0 Å². The molecule has 27 heavy (non-hydrogen) atoms. The zero-order valence-corrected chi connectivity index (χ0v) is 17.1. The van der Waals surface area contributed by atoms with Crippen LogP contribution in [-0.4, -0.2) is 33.5 Å². The third-order valence-corrected chi connectivity index (χ3v) is 7.08. The Morgan fingerprint density at radius 1 is 0.963 bits per heavy atom. The second kappa shape index (κ2) is 8.50. The highest BCUT2D eigenvalue weighted by Crippen LogP contribution is 2.37. The number of halogens is 1. The molecule has 2 aromatic carbocycles. The molecule has 0 N–H and O–H groups in total. The second-order valence-electron chi connectivity index (χ2n) is 6.55. The fraction of sp³-hybridized carbons (Fsp3) is 0.400. The Morgan fingerprint density at radius 3 is 2.33 bits per heavy atom. The SMILES string of the molecule is COc1ccc(S(=O)(=O)N2CCCCCC2c2ccc(Cl)cc2)cc1OC. The summed E-state index contributed by atoms with van der Waals surface area (Å²) in [7, 11) is -0.664. The van der Waals surface area contributed by atoms with Crippen LogP contribution in [0.2, 0.25) is 5.02 Å². The molecule has 0 spiro atoms. The van der Waals surface area contributed by atoms with Crippen LogP contribution in [-0.2, 0) is 10.0 Å². The molecule has 0 aliphatic carbocycles. The van der Waals surface area contributed by atoms with Gasteiger partial charge in [-0.05, 0) is 42.7 Å². The molecule has 1 unspecified atom stereocenters. The van der Waals surface area contributed by atoms with Gasteiger partial charge in [0.25, 0.3) is 0 Å². The van der Waals surface area contributed by atoms with Crippen molar-refractivity contribution < 1.29 is 17.9 Å². The molecule has 1 aliphatic heterocycles. The van der Waals surface area contributed by atoms with Crippen molar-refractivity contribution in [3.8, 4) is 11.5 Å². The van der Waals surface area contributed by atoms with Gasteiger partial charge in [0.2, 0.25) is 10.0 Å². The number of nitrogens with zero attached hydrogens (tertiary/aromatic N) is 1. The number of hydrogen-bond donors (Lipinski definition) is 0. The molecule has 5 nitrogen and oxygen atoms in total. The molecule has 1 fully saturated rings. The number of hydrogen-bond acceptors (Lipinski definition) is 4. The molecule has 0 bridgehead atoms. The Kier molecular flexibility index (Phi) is 6.29. The Morgan fingerprint density at radius 2 is 1.67 bits per heavy atom. The van der Waals surface area contributed by atoms with Crippen LogP contribution in [0.1, 0.15) is 37.3 Å². The number of ether oxygens (including phenoxy) is 2. The summed E-state index contributed by atoms with van der Waals surface area (Å²) in [5.74, 6) is 0.901. The van der Waals surface area contributed by atoms with E-state index < -0.39 is 10.0 Å². The Hall–Kier alpha value is -1.76. The highest BCUT2D eigenvalue weighted by atomic mass is 35.5. The van der Waals surface area contributed by atoms with E-state index in [1.165, 1.54) is 20.3 Å². The zero-order valence-electron chi connectivity index (χ0n) is 15.5. The first-order valence-electron chi connectivity index (χ1n) is 8.96. The van der Waals surface area contributed by atoms with E-state index in [9.17, 15) is 8.42 Å². The van der Waals surface area contributed by atoms with Gasteiger partial charge in [-0.3, -0.25) is 0 Å². The molecule has 0 amide bonds. The standard InChI is InChI=1S/C20H24ClNO4S/c1-25-19-12-11-17(14-20(19)26-2)27(23,24)22-13-5-3-4-6-18(22)15-7-9-16(21)10-8-15/h7-12,14,18H,3-6,13H2,1-2H3. The van der Waals surface area contributed by atoms with Crippen molar-refractivity contribution in [3.05, 3.63) is 53.1 Å². The maximum absolute atomic E-state index is 13.5. The van der Waals surface area contributed by atoms with Crippen molar-refractivity contribution in [3.63, 3.8) is 0 Å². The van der Waals surface area contributed by atoms with Crippen molar-refractivity contribution in [2.75, 3.05) is 20.8 Å². The van der Waals surface area contributed by atoms with E-state index in [4.69, 9.17) is 21.1 Å². The van der Waals surface area contributed by atoms with E-state index in [0.717, 1.165) is 31.2 Å². The van der Waals surface area contributed by atoms with Crippen molar-refractivity contribution in [1.82, 2.24) is 4.31 Å². The average Bonchev–Trinajstić information content (AvgIpc) is 2.94. The number of methoxy groups -OCH3 is 2. The Balaban J connectivity index is 2.02. The minimum absolute atomic E-state index is 0.206. The summed E-state index contributed by atoms with van der Waals surface area (Å²) in [5.41, 5.74) is 0.963. The highest BCUT2D eigenvalue weighted by Gasteiger charge is 2.34. The van der Waals surface area contributed by atoms with E-state index in [2.05, 4.69) is 0 Å². The topological polar surface area (TPSA) is 55.8 Å². The first kappa shape index (κ1) is 20.0. The van der Waals surface area contributed by atoms with E-state index in [1.54, 1.807) is 16.4 Å². The predicted octanol–water partition coefficient (Wildman–Crippen LogP) is 4.66. The largest absolute Gasteiger partial charge is 0.493 e. The van der Waals surface area contributed by atoms with E-state index >= 15 is 0 Å². The van der Waals surface area contributed by atoms with Gasteiger partial charge in [-0.25, -0.2) is 8.42 Å². The predicted molar refractivity (Wildman–Crippen MR) is 106 cm³/mol. The molecule has 1 atom stereocenters.